The van der Waals surface area contributed by atoms with Gasteiger partial charge in [0.25, 0.3) is 0 Å². The Labute approximate surface area is 419 Å². The van der Waals surface area contributed by atoms with Gasteiger partial charge in [-0.25, -0.2) is 0 Å². The molecule has 0 saturated carbocycles. The second-order valence-corrected chi connectivity index (χ2v) is 30.6. The summed E-state index contributed by atoms with van der Waals surface area (Å²) in [6.45, 7) is 15.8. The molecule has 4 nitrogen and oxygen atoms in total. The van der Waals surface area contributed by atoms with Gasteiger partial charge in [0.2, 0.25) is 0 Å². The van der Waals surface area contributed by atoms with E-state index in [0.29, 0.717) is 17.8 Å². The van der Waals surface area contributed by atoms with Gasteiger partial charge in [-0.05, 0) is 70.8 Å². The third-order valence-electron chi connectivity index (χ3n) is 12.8. The van der Waals surface area contributed by atoms with E-state index in [0.717, 1.165) is 67.6 Å². The van der Waals surface area contributed by atoms with E-state index in [9.17, 15) is 0 Å². The predicted octanol–water partition coefficient (Wildman–Crippen LogP) is 16.6. The topological polar surface area (TPSA) is 43.9 Å². The summed E-state index contributed by atoms with van der Waals surface area (Å²) in [4.78, 5) is 10.1. The van der Waals surface area contributed by atoms with Gasteiger partial charge in [0.15, 0.2) is 0 Å². The molecular formula is C62H61GeIrN3O-2. The number of hydrogen-bond donors (Lipinski definition) is 0. The first-order chi connectivity index (χ1) is 32.3. The quantitative estimate of drug-likeness (QED) is 0.101. The zero-order valence-corrected chi connectivity index (χ0v) is 45.5. The Bertz CT molecular complexity index is 3330. The van der Waals surface area contributed by atoms with E-state index < -0.39 is 13.3 Å². The molecule has 1 radical (unpaired) electrons. The molecule has 0 fully saturated rings. The van der Waals surface area contributed by atoms with Crippen LogP contribution in [0.1, 0.15) is 75.6 Å². The summed E-state index contributed by atoms with van der Waals surface area (Å²) in [5.41, 5.74) is 18.1. The van der Waals surface area contributed by atoms with Crippen molar-refractivity contribution < 1.29 is 24.5 Å². The molecule has 7 aromatic carbocycles. The summed E-state index contributed by atoms with van der Waals surface area (Å²) in [6.07, 6.45) is 3.27. The van der Waals surface area contributed by atoms with Crippen LogP contribution in [0.25, 0.3) is 83.6 Å². The van der Waals surface area contributed by atoms with Gasteiger partial charge >= 0.3 is 161 Å². The molecule has 0 aliphatic heterocycles. The van der Waals surface area contributed by atoms with Crippen LogP contribution >= 0.6 is 0 Å². The van der Waals surface area contributed by atoms with Crippen LogP contribution in [0.3, 0.4) is 0 Å². The number of aryl methyl sites for hydroxylation is 1. The number of furan rings is 1. The molecular weight excluding hydrogens is 1070 g/mol. The Hall–Kier alpha value is -5.85. The van der Waals surface area contributed by atoms with E-state index in [2.05, 4.69) is 228 Å². The Kier molecular flexibility index (Phi) is 14.6. The first-order valence-electron chi connectivity index (χ1n) is 23.9. The first-order valence-corrected chi connectivity index (χ1v) is 31.2. The van der Waals surface area contributed by atoms with Gasteiger partial charge < -0.3 is 8.98 Å². The average Bonchev–Trinajstić information content (AvgIpc) is 3.91. The molecule has 3 heterocycles. The average molecular weight is 1130 g/mol. The molecule has 0 unspecified atom stereocenters. The van der Waals surface area contributed by atoms with Crippen LogP contribution in [0.5, 0.6) is 0 Å². The number of imidazole rings is 1. The Balaban J connectivity index is 0.000000201. The molecule has 0 aliphatic rings. The van der Waals surface area contributed by atoms with Crippen LogP contribution in [0, 0.1) is 25.0 Å². The summed E-state index contributed by atoms with van der Waals surface area (Å²) >= 11 is -1.93. The Morgan fingerprint density at radius 3 is 1.88 bits per heavy atom. The van der Waals surface area contributed by atoms with Crippen molar-refractivity contribution in [1.29, 1.82) is 0 Å². The van der Waals surface area contributed by atoms with Gasteiger partial charge in [-0.3, -0.25) is 4.98 Å². The maximum atomic E-state index is 6.60. The molecule has 10 rings (SSSR count). The molecule has 0 bridgehead atoms. The number of aromatic nitrogens is 3. The van der Waals surface area contributed by atoms with Gasteiger partial charge in [-0.2, -0.15) is 0 Å². The molecule has 0 aliphatic carbocycles. The van der Waals surface area contributed by atoms with Gasteiger partial charge in [-0.1, -0.05) is 99.3 Å². The minimum absolute atomic E-state index is 0. The van der Waals surface area contributed by atoms with E-state index >= 15 is 0 Å². The van der Waals surface area contributed by atoms with Crippen molar-refractivity contribution in [3.63, 3.8) is 0 Å². The third kappa shape index (κ3) is 9.85. The van der Waals surface area contributed by atoms with E-state index in [1.807, 2.05) is 12.1 Å². The number of pyridine rings is 1. The molecule has 0 atom stereocenters. The van der Waals surface area contributed by atoms with Crippen LogP contribution in [-0.2, 0) is 26.5 Å². The van der Waals surface area contributed by atoms with Gasteiger partial charge in [0.1, 0.15) is 5.58 Å². The molecule has 10 aromatic rings. The first kappa shape index (κ1) is 48.6. The van der Waals surface area contributed by atoms with E-state index in [4.69, 9.17) is 14.4 Å². The predicted molar refractivity (Wildman–Crippen MR) is 286 cm³/mol. The van der Waals surface area contributed by atoms with Crippen molar-refractivity contribution in [2.45, 2.75) is 84.0 Å². The van der Waals surface area contributed by atoms with Crippen LogP contribution in [0.4, 0.5) is 0 Å². The minimum atomic E-state index is -1.93. The number of nitrogens with zero attached hydrogens (tertiary/aromatic N) is 3. The number of para-hydroxylation sites is 3. The SMILES string of the molecule is CC(C)Cc1cc(-c2[c-]ccc(-c3ccccc3)c2)nc[c]1[Ge]([CH3])([CH3])[CH3].Cc1cccc2c1oc1c(-c3nc4ccccc4n3-c3c(C(C)C)cc(-c4ccccc4)cc3C(C)C)[c-]ccc12.[Ir]. The third-order valence-corrected chi connectivity index (χ3v) is 17.1. The smallest absolute Gasteiger partial charge is 0.123 e. The molecule has 345 valence electrons. The molecule has 3 aromatic heterocycles. The molecule has 0 N–H and O–H groups in total. The van der Waals surface area contributed by atoms with E-state index in [1.54, 1.807) is 0 Å². The van der Waals surface area contributed by atoms with Gasteiger partial charge in [0.05, 0.1) is 22.4 Å². The van der Waals surface area contributed by atoms with Crippen LogP contribution < -0.4 is 4.40 Å². The normalized spacial score (nSPS) is 11.7. The fourth-order valence-corrected chi connectivity index (χ4v) is 12.8. The zero-order valence-electron chi connectivity index (χ0n) is 41.0. The van der Waals surface area contributed by atoms with Gasteiger partial charge in [-0.15, -0.1) is 18.2 Å². The molecule has 68 heavy (non-hydrogen) atoms. The minimum Gasteiger partial charge on any atom is -0.500 e. The maximum absolute atomic E-state index is 6.60. The maximum Gasteiger partial charge on any atom is 0.123 e. The van der Waals surface area contributed by atoms with Crippen LogP contribution in [0.2, 0.25) is 17.3 Å². The summed E-state index contributed by atoms with van der Waals surface area (Å²) in [5, 5.41) is 2.21. The molecule has 0 spiro atoms. The number of fused-ring (bicyclic) bond motifs is 4. The number of benzene rings is 7. The van der Waals surface area contributed by atoms with E-state index in [-0.39, 0.29) is 20.1 Å². The molecule has 6 heteroatoms. The standard InChI is InChI=1S/C38H33N2O.C24H28GeN.Ir/c1-23(2)31-21-27(26-14-7-6-8-15-26)22-32(24(3)4)35(31)40-34-20-10-9-19-33(34)39-38(40)30-18-12-17-29-28-16-11-13-25(5)36(28)41-37(29)30;1-18(2)14-22-16-24(26-17-23(22)25(3,4)5)21-13-9-12-20(15-21)19-10-7-6-8-11-19;/h6-17,19-24H,1-5H3;6-12,15-18H,14H2,1-5H3;/q2*-1;. The Morgan fingerprint density at radius 1 is 0.618 bits per heavy atom. The fourth-order valence-electron chi connectivity index (χ4n) is 9.46. The van der Waals surface area contributed by atoms with Crippen molar-refractivity contribution in [3.05, 3.63) is 192 Å². The fraction of sp³-hybridized carbons (Fsp3) is 0.226. The summed E-state index contributed by atoms with van der Waals surface area (Å²) in [6, 6.07) is 60.4. The summed E-state index contributed by atoms with van der Waals surface area (Å²) < 4.78 is 10.5. The van der Waals surface area contributed by atoms with Crippen molar-refractivity contribution >= 4 is 50.6 Å². The zero-order chi connectivity index (χ0) is 47.0. The van der Waals surface area contributed by atoms with Crippen molar-refractivity contribution in [2.75, 3.05) is 0 Å². The molecule has 0 saturated heterocycles. The number of hydrogen-bond acceptors (Lipinski definition) is 3. The second kappa shape index (κ2) is 20.4. The molecule has 0 amide bonds. The monoisotopic (exact) mass is 1130 g/mol. The van der Waals surface area contributed by atoms with Crippen molar-refractivity contribution in [3.8, 4) is 50.6 Å². The van der Waals surface area contributed by atoms with Crippen molar-refractivity contribution in [1.82, 2.24) is 14.5 Å². The summed E-state index contributed by atoms with van der Waals surface area (Å²) in [7, 11) is 0. The Morgan fingerprint density at radius 2 is 1.24 bits per heavy atom. The van der Waals surface area contributed by atoms with Crippen LogP contribution in [-0.4, -0.2) is 27.8 Å². The summed E-state index contributed by atoms with van der Waals surface area (Å²) in [5.74, 6) is 9.44. The van der Waals surface area contributed by atoms with Gasteiger partial charge in [0, 0.05) is 31.2 Å². The number of rotatable bonds is 10. The van der Waals surface area contributed by atoms with Crippen molar-refractivity contribution in [2.24, 2.45) is 5.92 Å². The van der Waals surface area contributed by atoms with Crippen LogP contribution in [0.15, 0.2) is 162 Å². The van der Waals surface area contributed by atoms with E-state index in [1.165, 1.54) is 49.0 Å². The second-order valence-electron chi connectivity index (χ2n) is 20.0. The largest absolute Gasteiger partial charge is 0.500 e.